The minimum Gasteiger partial charge on any atom is -0.493 e. The number of carbonyl (C=O) groups is 2. The van der Waals surface area contributed by atoms with Crippen molar-refractivity contribution in [3.05, 3.63) is 60.4 Å². The fourth-order valence-electron chi connectivity index (χ4n) is 3.37. The van der Waals surface area contributed by atoms with Crippen LogP contribution < -0.4 is 19.7 Å². The number of benzene rings is 2. The quantitative estimate of drug-likeness (QED) is 0.543. The van der Waals surface area contributed by atoms with Crippen molar-refractivity contribution < 1.29 is 23.8 Å². The van der Waals surface area contributed by atoms with Crippen molar-refractivity contribution in [1.82, 2.24) is 4.90 Å². The Bertz CT molecular complexity index is 950. The highest BCUT2D eigenvalue weighted by Gasteiger charge is 2.23. The molecule has 0 aromatic heterocycles. The van der Waals surface area contributed by atoms with E-state index in [1.807, 2.05) is 29.2 Å². The standard InChI is InChI=1S/C23H27N3O5/c1-16(29-2)22(27)24-18-6-8-19(9-7-18)25-11-13-26(14-12-25)23(28)17-5-10-20(30-3)21(15-17)31-4/h5-10,15H,1,11-14H2,2-4H3,(H,24,27). The number of piperazine rings is 1. The van der Waals surface area contributed by atoms with E-state index in [2.05, 4.69) is 16.8 Å². The third-order valence-corrected chi connectivity index (χ3v) is 5.19. The van der Waals surface area contributed by atoms with Crippen LogP contribution in [0.3, 0.4) is 0 Å². The van der Waals surface area contributed by atoms with Crippen LogP contribution in [0.5, 0.6) is 11.5 Å². The SMILES string of the molecule is C=C(OC)C(=O)Nc1ccc(N2CCN(C(=O)c3ccc(OC)c(OC)c3)CC2)cc1. The van der Waals surface area contributed by atoms with Gasteiger partial charge in [-0.1, -0.05) is 6.58 Å². The molecule has 1 saturated heterocycles. The zero-order chi connectivity index (χ0) is 22.4. The summed E-state index contributed by atoms with van der Waals surface area (Å²) in [5.41, 5.74) is 2.26. The lowest BCUT2D eigenvalue weighted by molar-refractivity contribution is -0.115. The molecule has 2 aromatic carbocycles. The highest BCUT2D eigenvalue weighted by Crippen LogP contribution is 2.28. The highest BCUT2D eigenvalue weighted by atomic mass is 16.5. The summed E-state index contributed by atoms with van der Waals surface area (Å²) < 4.78 is 15.4. The van der Waals surface area contributed by atoms with Crippen molar-refractivity contribution in [2.24, 2.45) is 0 Å². The first kappa shape index (κ1) is 22.0. The number of nitrogens with one attached hydrogen (secondary N) is 1. The van der Waals surface area contributed by atoms with E-state index in [0.29, 0.717) is 48.9 Å². The number of nitrogens with zero attached hydrogens (tertiary/aromatic N) is 2. The van der Waals surface area contributed by atoms with Crippen LogP contribution in [0, 0.1) is 0 Å². The number of methoxy groups -OCH3 is 3. The van der Waals surface area contributed by atoms with E-state index in [1.165, 1.54) is 7.11 Å². The molecule has 1 N–H and O–H groups in total. The van der Waals surface area contributed by atoms with E-state index in [9.17, 15) is 9.59 Å². The summed E-state index contributed by atoms with van der Waals surface area (Å²) in [5.74, 6) is 0.775. The van der Waals surface area contributed by atoms with E-state index in [1.54, 1.807) is 32.4 Å². The molecule has 0 radical (unpaired) electrons. The molecular weight excluding hydrogens is 398 g/mol. The molecule has 31 heavy (non-hydrogen) atoms. The minimum atomic E-state index is -0.377. The lowest BCUT2D eigenvalue weighted by Crippen LogP contribution is -2.48. The Labute approximate surface area is 182 Å². The molecule has 0 unspecified atom stereocenters. The summed E-state index contributed by atoms with van der Waals surface area (Å²) in [7, 11) is 4.52. The number of rotatable bonds is 7. The van der Waals surface area contributed by atoms with Gasteiger partial charge in [0.15, 0.2) is 17.3 Å². The van der Waals surface area contributed by atoms with Gasteiger partial charge in [0, 0.05) is 43.1 Å². The predicted octanol–water partition coefficient (Wildman–Crippen LogP) is 2.76. The number of hydrogen-bond acceptors (Lipinski definition) is 6. The zero-order valence-electron chi connectivity index (χ0n) is 18.0. The monoisotopic (exact) mass is 425 g/mol. The summed E-state index contributed by atoms with van der Waals surface area (Å²) >= 11 is 0. The van der Waals surface area contributed by atoms with Crippen molar-refractivity contribution in [3.8, 4) is 11.5 Å². The van der Waals surface area contributed by atoms with Crippen LogP contribution in [0.4, 0.5) is 11.4 Å². The van der Waals surface area contributed by atoms with E-state index < -0.39 is 0 Å². The minimum absolute atomic E-state index is 0.0305. The summed E-state index contributed by atoms with van der Waals surface area (Å²) in [5, 5.41) is 2.73. The molecule has 0 bridgehead atoms. The van der Waals surface area contributed by atoms with Crippen molar-refractivity contribution in [1.29, 1.82) is 0 Å². The van der Waals surface area contributed by atoms with Gasteiger partial charge in [-0.15, -0.1) is 0 Å². The molecule has 0 saturated carbocycles. The number of amides is 2. The number of anilines is 2. The molecule has 3 rings (SSSR count). The lowest BCUT2D eigenvalue weighted by Gasteiger charge is -2.36. The fourth-order valence-corrected chi connectivity index (χ4v) is 3.37. The number of carbonyl (C=O) groups excluding carboxylic acids is 2. The Kier molecular flexibility index (Phi) is 7.02. The molecule has 2 aromatic rings. The van der Waals surface area contributed by atoms with E-state index in [-0.39, 0.29) is 17.6 Å². The maximum absolute atomic E-state index is 12.9. The van der Waals surface area contributed by atoms with Gasteiger partial charge in [-0.25, -0.2) is 0 Å². The van der Waals surface area contributed by atoms with Gasteiger partial charge in [0.05, 0.1) is 21.3 Å². The molecule has 1 aliphatic rings. The number of hydrogen-bond donors (Lipinski definition) is 1. The van der Waals surface area contributed by atoms with Gasteiger partial charge in [0.1, 0.15) is 0 Å². The zero-order valence-corrected chi connectivity index (χ0v) is 18.0. The maximum atomic E-state index is 12.9. The van der Waals surface area contributed by atoms with E-state index >= 15 is 0 Å². The van der Waals surface area contributed by atoms with Gasteiger partial charge >= 0.3 is 0 Å². The summed E-state index contributed by atoms with van der Waals surface area (Å²) in [6, 6.07) is 12.7. The van der Waals surface area contributed by atoms with E-state index in [0.717, 1.165) is 5.69 Å². The first-order chi connectivity index (χ1) is 15.0. The molecular formula is C23H27N3O5. The third-order valence-electron chi connectivity index (χ3n) is 5.19. The molecule has 1 fully saturated rings. The van der Waals surface area contributed by atoms with Crippen LogP contribution in [0.15, 0.2) is 54.8 Å². The second-order valence-corrected chi connectivity index (χ2v) is 6.98. The second kappa shape index (κ2) is 9.88. The topological polar surface area (TPSA) is 80.3 Å². The average molecular weight is 425 g/mol. The molecule has 8 nitrogen and oxygen atoms in total. The third kappa shape index (κ3) is 5.09. The smallest absolute Gasteiger partial charge is 0.290 e. The van der Waals surface area contributed by atoms with Gasteiger partial charge in [-0.3, -0.25) is 9.59 Å². The lowest BCUT2D eigenvalue weighted by atomic mass is 10.1. The first-order valence-electron chi connectivity index (χ1n) is 9.87. The second-order valence-electron chi connectivity index (χ2n) is 6.98. The van der Waals surface area contributed by atoms with Gasteiger partial charge in [0.2, 0.25) is 0 Å². The predicted molar refractivity (Wildman–Crippen MR) is 119 cm³/mol. The normalized spacial score (nSPS) is 13.4. The van der Waals surface area contributed by atoms with E-state index in [4.69, 9.17) is 14.2 Å². The van der Waals surface area contributed by atoms with Crippen LogP contribution in [0.25, 0.3) is 0 Å². The van der Waals surface area contributed by atoms with Crippen LogP contribution in [-0.2, 0) is 9.53 Å². The Balaban J connectivity index is 1.58. The van der Waals surface area contributed by atoms with Gasteiger partial charge < -0.3 is 29.3 Å². The maximum Gasteiger partial charge on any atom is 0.290 e. The van der Waals surface area contributed by atoms with Crippen molar-refractivity contribution in [2.75, 3.05) is 57.7 Å². The molecule has 1 heterocycles. The van der Waals surface area contributed by atoms with Crippen molar-refractivity contribution in [3.63, 3.8) is 0 Å². The Morgan fingerprint density at radius 2 is 1.55 bits per heavy atom. The Morgan fingerprint density at radius 1 is 0.903 bits per heavy atom. The first-order valence-corrected chi connectivity index (χ1v) is 9.87. The van der Waals surface area contributed by atoms with Crippen molar-refractivity contribution in [2.45, 2.75) is 0 Å². The van der Waals surface area contributed by atoms with Gasteiger partial charge in [-0.2, -0.15) is 0 Å². The van der Waals surface area contributed by atoms with Crippen LogP contribution >= 0.6 is 0 Å². The molecule has 164 valence electrons. The average Bonchev–Trinajstić information content (AvgIpc) is 2.83. The molecule has 0 aliphatic carbocycles. The molecule has 0 atom stereocenters. The van der Waals surface area contributed by atoms with Gasteiger partial charge in [0.25, 0.3) is 11.8 Å². The fraction of sp³-hybridized carbons (Fsp3) is 0.304. The van der Waals surface area contributed by atoms with Gasteiger partial charge in [-0.05, 0) is 42.5 Å². The van der Waals surface area contributed by atoms with Crippen LogP contribution in [-0.4, -0.2) is 64.2 Å². The largest absolute Gasteiger partial charge is 0.493 e. The van der Waals surface area contributed by atoms with Crippen LogP contribution in [0.2, 0.25) is 0 Å². The number of ether oxygens (including phenoxy) is 3. The molecule has 1 aliphatic heterocycles. The molecule has 8 heteroatoms. The van der Waals surface area contributed by atoms with Crippen LogP contribution in [0.1, 0.15) is 10.4 Å². The van der Waals surface area contributed by atoms with Crippen molar-refractivity contribution >= 4 is 23.2 Å². The molecule has 2 amide bonds. The highest BCUT2D eigenvalue weighted by molar-refractivity contribution is 6.01. The summed E-state index contributed by atoms with van der Waals surface area (Å²) in [4.78, 5) is 28.8. The Hall–Kier alpha value is -3.68. The molecule has 0 spiro atoms. The Morgan fingerprint density at radius 3 is 2.13 bits per heavy atom. The summed E-state index contributed by atoms with van der Waals surface area (Å²) in [6.07, 6.45) is 0. The summed E-state index contributed by atoms with van der Waals surface area (Å²) in [6.45, 7) is 6.18.